The fraction of sp³-hybridized carbons (Fsp3) is 0.238. The molecule has 0 N–H and O–H groups in total. The van der Waals surface area contributed by atoms with Gasteiger partial charge in [-0.15, -0.1) is 11.3 Å². The summed E-state index contributed by atoms with van der Waals surface area (Å²) in [6.45, 7) is 5.50. The Morgan fingerprint density at radius 3 is 2.64 bits per heavy atom. The van der Waals surface area contributed by atoms with Crippen LogP contribution in [0, 0.1) is 13.8 Å². The van der Waals surface area contributed by atoms with E-state index in [1.54, 1.807) is 11.3 Å². The molecule has 2 aromatic carbocycles. The van der Waals surface area contributed by atoms with Crippen molar-refractivity contribution in [3.63, 3.8) is 0 Å². The van der Waals surface area contributed by atoms with Crippen LogP contribution in [0.2, 0.25) is 0 Å². The second-order valence-electron chi connectivity index (χ2n) is 6.60. The van der Waals surface area contributed by atoms with Gasteiger partial charge in [-0.25, -0.2) is 4.98 Å². The third-order valence-electron chi connectivity index (χ3n) is 4.58. The second-order valence-corrected chi connectivity index (χ2v) is 7.68. The van der Waals surface area contributed by atoms with Crippen LogP contribution in [0.25, 0.3) is 10.6 Å². The Hall–Kier alpha value is -2.46. The van der Waals surface area contributed by atoms with Crippen molar-refractivity contribution in [1.29, 1.82) is 0 Å². The lowest BCUT2D eigenvalue weighted by Crippen LogP contribution is -2.35. The van der Waals surface area contributed by atoms with Gasteiger partial charge in [0.2, 0.25) is 0 Å². The monoisotopic (exact) mass is 348 g/mol. The van der Waals surface area contributed by atoms with Crippen LogP contribution in [0.15, 0.2) is 48.5 Å². The van der Waals surface area contributed by atoms with Gasteiger partial charge in [0.05, 0.1) is 12.2 Å². The van der Waals surface area contributed by atoms with Crippen molar-refractivity contribution < 1.29 is 4.79 Å². The van der Waals surface area contributed by atoms with Gasteiger partial charge in [0.25, 0.3) is 5.91 Å². The number of aromatic nitrogens is 1. The maximum atomic E-state index is 12.8. The lowest BCUT2D eigenvalue weighted by molar-refractivity contribution is 0.0736. The fourth-order valence-electron chi connectivity index (χ4n) is 3.15. The van der Waals surface area contributed by atoms with Crippen molar-refractivity contribution in [3.8, 4) is 10.6 Å². The van der Waals surface area contributed by atoms with Crippen molar-refractivity contribution in [3.05, 3.63) is 75.8 Å². The molecule has 0 aliphatic carbocycles. The molecule has 0 saturated carbocycles. The van der Waals surface area contributed by atoms with Crippen molar-refractivity contribution in [2.75, 3.05) is 6.54 Å². The summed E-state index contributed by atoms with van der Waals surface area (Å²) >= 11 is 1.71. The van der Waals surface area contributed by atoms with Gasteiger partial charge in [-0.2, -0.15) is 0 Å². The molecule has 1 amide bonds. The van der Waals surface area contributed by atoms with Crippen LogP contribution < -0.4 is 0 Å². The van der Waals surface area contributed by atoms with Crippen molar-refractivity contribution in [2.24, 2.45) is 0 Å². The van der Waals surface area contributed by atoms with Crippen LogP contribution in [0.3, 0.4) is 0 Å². The molecule has 4 heteroatoms. The Balaban J connectivity index is 1.57. The van der Waals surface area contributed by atoms with E-state index in [0.717, 1.165) is 40.4 Å². The van der Waals surface area contributed by atoms with Gasteiger partial charge >= 0.3 is 0 Å². The number of benzene rings is 2. The zero-order chi connectivity index (χ0) is 17.4. The lowest BCUT2D eigenvalue weighted by atomic mass is 10.1. The van der Waals surface area contributed by atoms with Gasteiger partial charge in [-0.05, 0) is 26.0 Å². The van der Waals surface area contributed by atoms with Crippen LogP contribution in [0.1, 0.15) is 32.1 Å². The van der Waals surface area contributed by atoms with E-state index in [4.69, 9.17) is 4.98 Å². The van der Waals surface area contributed by atoms with Crippen LogP contribution in [-0.4, -0.2) is 22.3 Å². The van der Waals surface area contributed by atoms with Gasteiger partial charge in [0, 0.05) is 29.0 Å². The summed E-state index contributed by atoms with van der Waals surface area (Å²) in [5.74, 6) is 0.111. The summed E-state index contributed by atoms with van der Waals surface area (Å²) in [6, 6.07) is 16.3. The minimum atomic E-state index is 0.111. The Bertz CT molecular complexity index is 927. The molecule has 2 heterocycles. The number of rotatable bonds is 2. The van der Waals surface area contributed by atoms with E-state index in [9.17, 15) is 4.79 Å². The maximum Gasteiger partial charge on any atom is 0.254 e. The quantitative estimate of drug-likeness (QED) is 0.677. The Kier molecular flexibility index (Phi) is 4.14. The molecule has 0 atom stereocenters. The summed E-state index contributed by atoms with van der Waals surface area (Å²) in [7, 11) is 0. The van der Waals surface area contributed by atoms with Crippen molar-refractivity contribution in [2.45, 2.75) is 26.8 Å². The molecule has 25 heavy (non-hydrogen) atoms. The van der Waals surface area contributed by atoms with Crippen molar-refractivity contribution in [1.82, 2.24) is 9.88 Å². The van der Waals surface area contributed by atoms with E-state index in [1.165, 1.54) is 10.4 Å². The largest absolute Gasteiger partial charge is 0.333 e. The number of carbonyl (C=O) groups excluding carboxylic acids is 1. The average Bonchev–Trinajstić information content (AvgIpc) is 3.05. The number of carbonyl (C=O) groups is 1. The number of thiazole rings is 1. The smallest absolute Gasteiger partial charge is 0.254 e. The first kappa shape index (κ1) is 16.0. The molecule has 0 spiro atoms. The molecule has 1 aliphatic heterocycles. The normalized spacial score (nSPS) is 13.6. The molecule has 4 rings (SSSR count). The van der Waals surface area contributed by atoms with Crippen LogP contribution in [-0.2, 0) is 13.0 Å². The summed E-state index contributed by atoms with van der Waals surface area (Å²) in [5, 5.41) is 1.05. The highest BCUT2D eigenvalue weighted by molar-refractivity contribution is 7.15. The predicted octanol–water partition coefficient (Wildman–Crippen LogP) is 4.63. The van der Waals surface area contributed by atoms with E-state index >= 15 is 0 Å². The van der Waals surface area contributed by atoms with Crippen LogP contribution in [0.4, 0.5) is 0 Å². The molecule has 1 aromatic heterocycles. The predicted molar refractivity (Wildman–Crippen MR) is 102 cm³/mol. The Morgan fingerprint density at radius 1 is 1.08 bits per heavy atom. The number of hydrogen-bond acceptors (Lipinski definition) is 3. The number of aryl methyl sites for hydroxylation is 2. The first-order chi connectivity index (χ1) is 12.1. The zero-order valence-electron chi connectivity index (χ0n) is 14.5. The van der Waals surface area contributed by atoms with Gasteiger partial charge in [-0.3, -0.25) is 4.79 Å². The average molecular weight is 348 g/mol. The Morgan fingerprint density at radius 2 is 1.88 bits per heavy atom. The molecule has 0 unspecified atom stereocenters. The number of hydrogen-bond donors (Lipinski definition) is 0. The lowest BCUT2D eigenvalue weighted by Gasteiger charge is -2.26. The topological polar surface area (TPSA) is 33.2 Å². The molecular weight excluding hydrogens is 328 g/mol. The summed E-state index contributed by atoms with van der Waals surface area (Å²) in [6.07, 6.45) is 0.829. The molecule has 1 aliphatic rings. The van der Waals surface area contributed by atoms with E-state index in [1.807, 2.05) is 36.1 Å². The number of amides is 1. The second kappa shape index (κ2) is 6.45. The highest BCUT2D eigenvalue weighted by Crippen LogP contribution is 2.32. The van der Waals surface area contributed by atoms with Crippen molar-refractivity contribution >= 4 is 17.2 Å². The van der Waals surface area contributed by atoms with E-state index < -0.39 is 0 Å². The van der Waals surface area contributed by atoms with Gasteiger partial charge in [0.1, 0.15) is 5.01 Å². The summed E-state index contributed by atoms with van der Waals surface area (Å²) < 4.78 is 0. The minimum absolute atomic E-state index is 0.111. The SMILES string of the molecule is Cc1ccc(-c2nc3c(s2)CN(C(=O)c2cccc(C)c2)CC3)cc1. The molecule has 0 bridgehead atoms. The first-order valence-electron chi connectivity index (χ1n) is 8.52. The maximum absolute atomic E-state index is 12.8. The van der Waals surface area contributed by atoms with Crippen LogP contribution >= 0.6 is 11.3 Å². The fourth-order valence-corrected chi connectivity index (χ4v) is 4.28. The van der Waals surface area contributed by atoms with E-state index in [0.29, 0.717) is 6.54 Å². The molecule has 3 nitrogen and oxygen atoms in total. The first-order valence-corrected chi connectivity index (χ1v) is 9.33. The molecule has 0 fully saturated rings. The standard InChI is InChI=1S/C21H20N2OS/c1-14-6-8-16(9-7-14)20-22-18-10-11-23(13-19(18)25-20)21(24)17-5-3-4-15(2)12-17/h3-9,12H,10-11,13H2,1-2H3. The van der Waals surface area contributed by atoms with E-state index in [2.05, 4.69) is 31.2 Å². The highest BCUT2D eigenvalue weighted by Gasteiger charge is 2.25. The molecule has 0 radical (unpaired) electrons. The van der Waals surface area contributed by atoms with Crippen LogP contribution in [0.5, 0.6) is 0 Å². The van der Waals surface area contributed by atoms with E-state index in [-0.39, 0.29) is 5.91 Å². The van der Waals surface area contributed by atoms with Gasteiger partial charge in [0.15, 0.2) is 0 Å². The molecule has 0 saturated heterocycles. The number of nitrogens with zero attached hydrogens (tertiary/aromatic N) is 2. The molecule has 3 aromatic rings. The third kappa shape index (κ3) is 3.22. The molecular formula is C21H20N2OS. The van der Waals surface area contributed by atoms with Gasteiger partial charge < -0.3 is 4.90 Å². The number of fused-ring (bicyclic) bond motifs is 1. The van der Waals surface area contributed by atoms with Gasteiger partial charge in [-0.1, -0.05) is 47.5 Å². The highest BCUT2D eigenvalue weighted by atomic mass is 32.1. The third-order valence-corrected chi connectivity index (χ3v) is 5.71. The minimum Gasteiger partial charge on any atom is -0.333 e. The zero-order valence-corrected chi connectivity index (χ0v) is 15.3. The summed E-state index contributed by atoms with van der Waals surface area (Å²) in [5.41, 5.74) is 5.44. The Labute approximate surface area is 152 Å². The summed E-state index contributed by atoms with van der Waals surface area (Å²) in [4.78, 5) is 20.7. The molecule has 126 valence electrons.